The van der Waals surface area contributed by atoms with Gasteiger partial charge in [0.15, 0.2) is 0 Å². The van der Waals surface area contributed by atoms with E-state index in [0.29, 0.717) is 0 Å². The minimum absolute atomic E-state index is 0.828. The maximum Gasteiger partial charge on any atom is 0.0739 e. The van der Waals surface area contributed by atoms with Crippen molar-refractivity contribution in [2.45, 2.75) is 40.3 Å². The van der Waals surface area contributed by atoms with Crippen molar-refractivity contribution in [3.63, 3.8) is 0 Å². The first-order chi connectivity index (χ1) is 9.49. The third kappa shape index (κ3) is 3.49. The van der Waals surface area contributed by atoms with Crippen molar-refractivity contribution < 1.29 is 0 Å². The van der Waals surface area contributed by atoms with E-state index in [1.807, 2.05) is 25.6 Å². The largest absolute Gasteiger partial charge is 0.311 e. The summed E-state index contributed by atoms with van der Waals surface area (Å²) < 4.78 is 5.10. The molecule has 0 amide bonds. The third-order valence-corrected chi connectivity index (χ3v) is 4.41. The highest BCUT2D eigenvalue weighted by atomic mass is 79.9. The Kier molecular flexibility index (Phi) is 4.99. The van der Waals surface area contributed by atoms with Crippen LogP contribution in [-0.4, -0.2) is 26.1 Å². The van der Waals surface area contributed by atoms with Gasteiger partial charge in [-0.2, -0.15) is 10.2 Å². The highest BCUT2D eigenvalue weighted by molar-refractivity contribution is 9.10. The maximum atomic E-state index is 4.46. The van der Waals surface area contributed by atoms with E-state index in [4.69, 9.17) is 0 Å². The van der Waals surface area contributed by atoms with Gasteiger partial charge in [0.2, 0.25) is 0 Å². The third-order valence-electron chi connectivity index (χ3n) is 3.38. The number of rotatable bonds is 6. The molecule has 1 N–H and O–H groups in total. The van der Waals surface area contributed by atoms with Crippen molar-refractivity contribution in [2.75, 3.05) is 6.54 Å². The molecule has 0 atom stereocenters. The first-order valence-corrected chi connectivity index (χ1v) is 7.68. The molecule has 0 bridgehead atoms. The van der Waals surface area contributed by atoms with Gasteiger partial charge < -0.3 is 5.32 Å². The van der Waals surface area contributed by atoms with Gasteiger partial charge in [-0.1, -0.05) is 0 Å². The molecule has 0 saturated carbocycles. The van der Waals surface area contributed by atoms with Gasteiger partial charge in [-0.15, -0.1) is 0 Å². The van der Waals surface area contributed by atoms with Gasteiger partial charge in [0.1, 0.15) is 0 Å². The number of hydrogen-bond acceptors (Lipinski definition) is 3. The van der Waals surface area contributed by atoms with Gasteiger partial charge in [-0.05, 0) is 55.7 Å². The van der Waals surface area contributed by atoms with Crippen LogP contribution in [0.5, 0.6) is 0 Å². The Morgan fingerprint density at radius 2 is 2.00 bits per heavy atom. The summed E-state index contributed by atoms with van der Waals surface area (Å²) in [5.74, 6) is 0. The van der Waals surface area contributed by atoms with Crippen LogP contribution < -0.4 is 5.32 Å². The highest BCUT2D eigenvalue weighted by Crippen LogP contribution is 2.19. The van der Waals surface area contributed by atoms with Gasteiger partial charge >= 0.3 is 0 Å². The van der Waals surface area contributed by atoms with Gasteiger partial charge in [0, 0.05) is 25.8 Å². The molecule has 6 heteroatoms. The van der Waals surface area contributed by atoms with Crippen LogP contribution in [0.15, 0.2) is 10.5 Å². The second-order valence-corrected chi connectivity index (χ2v) is 5.94. The van der Waals surface area contributed by atoms with Crippen molar-refractivity contribution in [1.29, 1.82) is 0 Å². The molecule has 0 aliphatic heterocycles. The lowest BCUT2D eigenvalue weighted by atomic mass is 10.3. The molecule has 0 fully saturated rings. The Labute approximate surface area is 128 Å². The van der Waals surface area contributed by atoms with Gasteiger partial charge in [-0.25, -0.2) is 0 Å². The normalized spacial score (nSPS) is 11.2. The molecule has 2 aromatic heterocycles. The minimum atomic E-state index is 0.828. The molecule has 0 spiro atoms. The van der Waals surface area contributed by atoms with E-state index < -0.39 is 0 Å². The summed E-state index contributed by atoms with van der Waals surface area (Å²) in [7, 11) is 1.98. The van der Waals surface area contributed by atoms with E-state index in [2.05, 4.69) is 49.1 Å². The molecular formula is C14H22BrN5. The Bertz CT molecular complexity index is 585. The molecule has 2 heterocycles. The molecule has 0 aliphatic carbocycles. The van der Waals surface area contributed by atoms with Crippen LogP contribution >= 0.6 is 15.9 Å². The summed E-state index contributed by atoms with van der Waals surface area (Å²) in [4.78, 5) is 0. The number of nitrogens with one attached hydrogen (secondary N) is 1. The van der Waals surface area contributed by atoms with Crippen molar-refractivity contribution in [3.8, 4) is 0 Å². The number of hydrogen-bond donors (Lipinski definition) is 1. The van der Waals surface area contributed by atoms with E-state index in [9.17, 15) is 0 Å². The first-order valence-electron chi connectivity index (χ1n) is 6.88. The quantitative estimate of drug-likeness (QED) is 0.822. The zero-order chi connectivity index (χ0) is 14.7. The van der Waals surface area contributed by atoms with E-state index >= 15 is 0 Å². The standard InChI is InChI=1S/C14H22BrN5/c1-10-8-11(2)20(17-10)7-5-6-16-9-13-14(15)12(3)18-19(13)4/h8,16H,5-7,9H2,1-4H3. The number of halogens is 1. The Morgan fingerprint density at radius 1 is 1.25 bits per heavy atom. The van der Waals surface area contributed by atoms with Crippen LogP contribution in [0.1, 0.15) is 29.2 Å². The molecule has 2 rings (SSSR count). The van der Waals surface area contributed by atoms with Crippen molar-refractivity contribution in [3.05, 3.63) is 33.3 Å². The predicted molar refractivity (Wildman–Crippen MR) is 83.7 cm³/mol. The lowest BCUT2D eigenvalue weighted by Gasteiger charge is -2.07. The minimum Gasteiger partial charge on any atom is -0.311 e. The maximum absolute atomic E-state index is 4.46. The summed E-state index contributed by atoms with van der Waals surface area (Å²) in [6.45, 7) is 8.89. The van der Waals surface area contributed by atoms with Crippen LogP contribution in [0.4, 0.5) is 0 Å². The number of nitrogens with zero attached hydrogens (tertiary/aromatic N) is 4. The van der Waals surface area contributed by atoms with Gasteiger partial charge in [-0.3, -0.25) is 9.36 Å². The fraction of sp³-hybridized carbons (Fsp3) is 0.571. The van der Waals surface area contributed by atoms with E-state index in [-0.39, 0.29) is 0 Å². The van der Waals surface area contributed by atoms with Crippen LogP contribution in [0.25, 0.3) is 0 Å². The summed E-state index contributed by atoms with van der Waals surface area (Å²) in [5.41, 5.74) is 4.54. The average Bonchev–Trinajstić information content (AvgIpc) is 2.82. The summed E-state index contributed by atoms with van der Waals surface area (Å²) in [5, 5.41) is 12.3. The van der Waals surface area contributed by atoms with Gasteiger partial charge in [0.25, 0.3) is 0 Å². The van der Waals surface area contributed by atoms with E-state index in [1.54, 1.807) is 0 Å². The number of aryl methyl sites for hydroxylation is 5. The van der Waals surface area contributed by atoms with Crippen molar-refractivity contribution >= 4 is 15.9 Å². The predicted octanol–water partition coefficient (Wildman–Crippen LogP) is 2.48. The molecule has 20 heavy (non-hydrogen) atoms. The van der Waals surface area contributed by atoms with Crippen LogP contribution in [0.2, 0.25) is 0 Å². The van der Waals surface area contributed by atoms with Crippen LogP contribution in [0, 0.1) is 20.8 Å². The zero-order valence-electron chi connectivity index (χ0n) is 12.6. The second kappa shape index (κ2) is 6.54. The van der Waals surface area contributed by atoms with E-state index in [1.165, 1.54) is 11.4 Å². The smallest absolute Gasteiger partial charge is 0.0739 e. The Morgan fingerprint density at radius 3 is 2.55 bits per heavy atom. The molecule has 0 saturated heterocycles. The lowest BCUT2D eigenvalue weighted by Crippen LogP contribution is -2.19. The van der Waals surface area contributed by atoms with Crippen LogP contribution in [-0.2, 0) is 20.1 Å². The summed E-state index contributed by atoms with van der Waals surface area (Å²) in [6.07, 6.45) is 1.07. The second-order valence-electron chi connectivity index (χ2n) is 5.15. The SMILES string of the molecule is Cc1cc(C)n(CCCNCc2c(Br)c(C)nn2C)n1. The highest BCUT2D eigenvalue weighted by Gasteiger charge is 2.09. The Hall–Kier alpha value is -1.14. The molecule has 2 aromatic rings. The van der Waals surface area contributed by atoms with Crippen molar-refractivity contribution in [1.82, 2.24) is 24.9 Å². The molecule has 110 valence electrons. The summed E-state index contributed by atoms with van der Waals surface area (Å²) >= 11 is 3.58. The number of aromatic nitrogens is 4. The monoisotopic (exact) mass is 339 g/mol. The average molecular weight is 340 g/mol. The molecule has 0 aromatic carbocycles. The molecular weight excluding hydrogens is 318 g/mol. The topological polar surface area (TPSA) is 47.7 Å². The first kappa shape index (κ1) is 15.3. The molecule has 0 radical (unpaired) electrons. The van der Waals surface area contributed by atoms with Gasteiger partial charge in [0.05, 0.1) is 21.6 Å². The van der Waals surface area contributed by atoms with Crippen molar-refractivity contribution in [2.24, 2.45) is 7.05 Å². The fourth-order valence-corrected chi connectivity index (χ4v) is 2.81. The van der Waals surface area contributed by atoms with Crippen LogP contribution in [0.3, 0.4) is 0 Å². The lowest BCUT2D eigenvalue weighted by molar-refractivity contribution is 0.524. The fourth-order valence-electron chi connectivity index (χ4n) is 2.33. The summed E-state index contributed by atoms with van der Waals surface area (Å²) in [6, 6.07) is 2.11. The molecule has 0 aliphatic rings. The molecule has 0 unspecified atom stereocenters. The zero-order valence-corrected chi connectivity index (χ0v) is 14.2. The molecule has 5 nitrogen and oxygen atoms in total. The van der Waals surface area contributed by atoms with E-state index in [0.717, 1.165) is 41.9 Å². The Balaban J connectivity index is 1.75.